The van der Waals surface area contributed by atoms with Gasteiger partial charge in [-0.2, -0.15) is 0 Å². The van der Waals surface area contributed by atoms with E-state index in [0.29, 0.717) is 0 Å². The number of hydrogen-bond acceptors (Lipinski definition) is 3. The Hall–Kier alpha value is -1.10. The lowest BCUT2D eigenvalue weighted by molar-refractivity contribution is -0.424. The van der Waals surface area contributed by atoms with Crippen LogP contribution in [-0.2, 0) is 0 Å². The number of rotatable bonds is 1. The van der Waals surface area contributed by atoms with Gasteiger partial charge in [-0.3, -0.25) is 10.1 Å². The van der Waals surface area contributed by atoms with Gasteiger partial charge in [0, 0.05) is 0 Å². The second-order valence-corrected chi connectivity index (χ2v) is 1.34. The minimum Gasteiger partial charge on any atom is -0.304 e. The standard InChI is InChI=1S/C3H4N3O2/c7-6(8)3-1-4-5-2-3/h1,4H,2H2. The Bertz CT molecular complexity index is 141. The molecule has 1 heterocycles. The third-order valence-corrected chi connectivity index (χ3v) is 0.798. The van der Waals surface area contributed by atoms with Gasteiger partial charge in [-0.15, -0.1) is 5.43 Å². The van der Waals surface area contributed by atoms with Gasteiger partial charge in [0.1, 0.15) is 6.54 Å². The van der Waals surface area contributed by atoms with E-state index in [1.165, 1.54) is 6.20 Å². The van der Waals surface area contributed by atoms with E-state index in [9.17, 15) is 10.1 Å². The van der Waals surface area contributed by atoms with Crippen LogP contribution in [0.2, 0.25) is 0 Å². The Labute approximate surface area is 45.5 Å². The van der Waals surface area contributed by atoms with Crippen LogP contribution in [0.1, 0.15) is 0 Å². The van der Waals surface area contributed by atoms with Crippen LogP contribution in [0.5, 0.6) is 0 Å². The van der Waals surface area contributed by atoms with Crippen molar-refractivity contribution in [1.29, 1.82) is 0 Å². The molecular weight excluding hydrogens is 110 g/mol. The lowest BCUT2D eigenvalue weighted by Crippen LogP contribution is -2.12. The van der Waals surface area contributed by atoms with Crippen molar-refractivity contribution < 1.29 is 4.92 Å². The summed E-state index contributed by atoms with van der Waals surface area (Å²) < 4.78 is 0. The van der Waals surface area contributed by atoms with Gasteiger partial charge in [0.15, 0.2) is 0 Å². The molecule has 0 spiro atoms. The normalized spacial score (nSPS) is 17.2. The maximum atomic E-state index is 9.84. The van der Waals surface area contributed by atoms with Crippen molar-refractivity contribution in [2.24, 2.45) is 0 Å². The summed E-state index contributed by atoms with van der Waals surface area (Å²) in [7, 11) is 0. The van der Waals surface area contributed by atoms with E-state index >= 15 is 0 Å². The largest absolute Gasteiger partial charge is 0.304 e. The zero-order valence-electron chi connectivity index (χ0n) is 4.00. The summed E-state index contributed by atoms with van der Waals surface area (Å²) in [6.07, 6.45) is 1.28. The maximum Gasteiger partial charge on any atom is 0.280 e. The van der Waals surface area contributed by atoms with Crippen molar-refractivity contribution in [3.63, 3.8) is 0 Å². The zero-order valence-corrected chi connectivity index (χ0v) is 4.00. The van der Waals surface area contributed by atoms with Crippen molar-refractivity contribution in [2.75, 3.05) is 6.54 Å². The van der Waals surface area contributed by atoms with Crippen LogP contribution in [0.25, 0.3) is 0 Å². The highest BCUT2D eigenvalue weighted by atomic mass is 16.6. The van der Waals surface area contributed by atoms with Gasteiger partial charge in [-0.05, 0) is 0 Å². The van der Waals surface area contributed by atoms with E-state index in [-0.39, 0.29) is 12.2 Å². The third kappa shape index (κ3) is 0.760. The van der Waals surface area contributed by atoms with Crippen LogP contribution in [-0.4, -0.2) is 11.5 Å². The van der Waals surface area contributed by atoms with Crippen molar-refractivity contribution in [1.82, 2.24) is 10.9 Å². The number of nitro groups is 1. The summed E-state index contributed by atoms with van der Waals surface area (Å²) in [4.78, 5) is 9.38. The highest BCUT2D eigenvalue weighted by molar-refractivity contribution is 4.95. The van der Waals surface area contributed by atoms with E-state index in [1.54, 1.807) is 0 Å². The van der Waals surface area contributed by atoms with E-state index in [2.05, 4.69) is 10.9 Å². The molecule has 1 rings (SSSR count). The molecule has 0 amide bonds. The first-order chi connectivity index (χ1) is 3.80. The molecule has 0 unspecified atom stereocenters. The SMILES string of the molecule is O=[N+]([O-])C1=CN[N]C1. The van der Waals surface area contributed by atoms with E-state index in [0.717, 1.165) is 0 Å². The molecular formula is C3H4N3O2. The molecule has 0 aliphatic carbocycles. The molecule has 1 aliphatic heterocycles. The van der Waals surface area contributed by atoms with Crippen LogP contribution in [0.15, 0.2) is 11.9 Å². The molecule has 43 valence electrons. The van der Waals surface area contributed by atoms with Crippen LogP contribution in [0, 0.1) is 10.1 Å². The monoisotopic (exact) mass is 114 g/mol. The molecule has 0 bridgehead atoms. The van der Waals surface area contributed by atoms with Gasteiger partial charge in [0.25, 0.3) is 5.70 Å². The van der Waals surface area contributed by atoms with Gasteiger partial charge in [0.2, 0.25) is 0 Å². The van der Waals surface area contributed by atoms with Crippen LogP contribution in [0.4, 0.5) is 0 Å². The molecule has 0 saturated heterocycles. The predicted octanol–water partition coefficient (Wildman–Crippen LogP) is -0.773. The first-order valence-electron chi connectivity index (χ1n) is 2.06. The Morgan fingerprint density at radius 1 is 2.00 bits per heavy atom. The summed E-state index contributed by atoms with van der Waals surface area (Å²) in [6.45, 7) is 0.174. The molecule has 0 aromatic heterocycles. The van der Waals surface area contributed by atoms with Crippen molar-refractivity contribution in [2.45, 2.75) is 0 Å². The number of nitrogens with zero attached hydrogens (tertiary/aromatic N) is 2. The number of hydrogen-bond donors (Lipinski definition) is 1. The molecule has 0 fully saturated rings. The van der Waals surface area contributed by atoms with Gasteiger partial charge in [-0.25, -0.2) is 0 Å². The summed E-state index contributed by atoms with van der Waals surface area (Å²) >= 11 is 0. The Balaban J connectivity index is 2.57. The third-order valence-electron chi connectivity index (χ3n) is 0.798. The first kappa shape index (κ1) is 5.04. The first-order valence-corrected chi connectivity index (χ1v) is 2.06. The number of nitrogens with one attached hydrogen (secondary N) is 1. The quantitative estimate of drug-likeness (QED) is 0.359. The highest BCUT2D eigenvalue weighted by Gasteiger charge is 2.14. The van der Waals surface area contributed by atoms with E-state index < -0.39 is 4.92 Å². The fourth-order valence-corrected chi connectivity index (χ4v) is 0.403. The summed E-state index contributed by atoms with van der Waals surface area (Å²) in [5.74, 6) is 0. The summed E-state index contributed by atoms with van der Waals surface area (Å²) in [6, 6.07) is 0. The van der Waals surface area contributed by atoms with E-state index in [1.807, 2.05) is 0 Å². The molecule has 5 heteroatoms. The Morgan fingerprint density at radius 2 is 2.75 bits per heavy atom. The fourth-order valence-electron chi connectivity index (χ4n) is 0.403. The van der Waals surface area contributed by atoms with E-state index in [4.69, 9.17) is 0 Å². The van der Waals surface area contributed by atoms with Crippen LogP contribution >= 0.6 is 0 Å². The van der Waals surface area contributed by atoms with Crippen molar-refractivity contribution >= 4 is 0 Å². The fraction of sp³-hybridized carbons (Fsp3) is 0.333. The topological polar surface area (TPSA) is 69.3 Å². The predicted molar refractivity (Wildman–Crippen MR) is 25.2 cm³/mol. The van der Waals surface area contributed by atoms with Gasteiger partial charge < -0.3 is 5.43 Å². The van der Waals surface area contributed by atoms with Crippen molar-refractivity contribution in [3.05, 3.63) is 22.0 Å². The van der Waals surface area contributed by atoms with Crippen LogP contribution < -0.4 is 10.9 Å². The average Bonchev–Trinajstić information content (AvgIpc) is 2.12. The molecule has 0 aromatic carbocycles. The molecule has 8 heavy (non-hydrogen) atoms. The average molecular weight is 114 g/mol. The lowest BCUT2D eigenvalue weighted by atomic mass is 10.5. The maximum absolute atomic E-state index is 9.84. The molecule has 0 atom stereocenters. The second kappa shape index (κ2) is 1.79. The Morgan fingerprint density at radius 3 is 3.00 bits per heavy atom. The summed E-state index contributed by atoms with van der Waals surface area (Å²) in [5.41, 5.74) is 5.99. The molecule has 0 aromatic rings. The lowest BCUT2D eigenvalue weighted by Gasteiger charge is -1.82. The van der Waals surface area contributed by atoms with Crippen LogP contribution in [0.3, 0.4) is 0 Å². The molecule has 1 aliphatic rings. The van der Waals surface area contributed by atoms with Gasteiger partial charge >= 0.3 is 0 Å². The molecule has 0 saturated carbocycles. The van der Waals surface area contributed by atoms with Gasteiger partial charge in [0.05, 0.1) is 11.1 Å². The second-order valence-electron chi connectivity index (χ2n) is 1.34. The zero-order chi connectivity index (χ0) is 5.98. The minimum atomic E-state index is -0.455. The minimum absolute atomic E-state index is 0.116. The Kier molecular flexibility index (Phi) is 1.13. The molecule has 1 radical (unpaired) electrons. The smallest absolute Gasteiger partial charge is 0.280 e. The van der Waals surface area contributed by atoms with Gasteiger partial charge in [-0.1, -0.05) is 0 Å². The molecule has 1 N–H and O–H groups in total. The summed E-state index contributed by atoms with van der Waals surface area (Å²) in [5, 5.41) is 9.84. The highest BCUT2D eigenvalue weighted by Crippen LogP contribution is 1.94. The van der Waals surface area contributed by atoms with Crippen molar-refractivity contribution in [3.8, 4) is 0 Å². The molecule has 5 nitrogen and oxygen atoms in total.